The van der Waals surface area contributed by atoms with Crippen LogP contribution in [0.4, 0.5) is 0 Å². The van der Waals surface area contributed by atoms with Crippen molar-refractivity contribution in [3.8, 4) is 0 Å². The molecule has 206 valence electrons. The van der Waals surface area contributed by atoms with Crippen molar-refractivity contribution in [3.63, 3.8) is 0 Å². The van der Waals surface area contributed by atoms with E-state index in [-0.39, 0.29) is 30.8 Å². The quantitative estimate of drug-likeness (QED) is 0.307. The van der Waals surface area contributed by atoms with Gasteiger partial charge in [-0.3, -0.25) is 9.59 Å². The zero-order valence-corrected chi connectivity index (χ0v) is 22.2. The predicted octanol–water partition coefficient (Wildman–Crippen LogP) is 2.54. The van der Waals surface area contributed by atoms with Gasteiger partial charge in [-0.15, -0.1) is 0 Å². The topological polar surface area (TPSA) is 128 Å². The number of amides is 2. The Kier molecular flexibility index (Phi) is 9.54. The molecule has 8 heteroatoms. The molecule has 2 aromatic rings. The second-order valence-corrected chi connectivity index (χ2v) is 10.9. The van der Waals surface area contributed by atoms with Gasteiger partial charge in [-0.1, -0.05) is 44.0 Å². The van der Waals surface area contributed by atoms with Gasteiger partial charge in [0, 0.05) is 31.1 Å². The Hall–Kier alpha value is -2.78. The molecule has 0 aromatic heterocycles. The summed E-state index contributed by atoms with van der Waals surface area (Å²) in [6.07, 6.45) is 1.82. The first kappa shape index (κ1) is 28.2. The van der Waals surface area contributed by atoms with Gasteiger partial charge in [0.05, 0.1) is 18.8 Å². The molecule has 1 aliphatic heterocycles. The first-order valence-corrected chi connectivity index (χ1v) is 13.6. The number of ether oxygens (including phenoxy) is 1. The van der Waals surface area contributed by atoms with Crippen LogP contribution in [0.15, 0.2) is 42.5 Å². The first-order chi connectivity index (χ1) is 18.3. The summed E-state index contributed by atoms with van der Waals surface area (Å²) >= 11 is 0. The van der Waals surface area contributed by atoms with E-state index in [1.807, 2.05) is 36.4 Å². The first-order valence-electron chi connectivity index (χ1n) is 13.6. The molecule has 1 heterocycles. The summed E-state index contributed by atoms with van der Waals surface area (Å²) in [6.45, 7) is 2.55. The van der Waals surface area contributed by atoms with E-state index in [1.165, 1.54) is 12.8 Å². The highest BCUT2D eigenvalue weighted by molar-refractivity contribution is 5.99. The van der Waals surface area contributed by atoms with E-state index in [2.05, 4.69) is 17.6 Å². The molecule has 4 rings (SSSR count). The van der Waals surface area contributed by atoms with Crippen molar-refractivity contribution < 1.29 is 29.6 Å². The Morgan fingerprint density at radius 3 is 2.42 bits per heavy atom. The Balaban J connectivity index is 1.45. The van der Waals surface area contributed by atoms with Crippen LogP contribution in [0, 0.1) is 11.8 Å². The van der Waals surface area contributed by atoms with E-state index >= 15 is 0 Å². The maximum atomic E-state index is 12.8. The SMILES string of the molecule is CNC(=O)c1cc(CC(C)Cc2cccc([C@H]3O[C@H](CO)C[C@H](O)[C@@H]3O)c2)cc(C(=O)NCCC2CC2)c1. The molecular weight excluding hydrogens is 484 g/mol. The zero-order valence-electron chi connectivity index (χ0n) is 22.2. The van der Waals surface area contributed by atoms with Crippen LogP contribution >= 0.6 is 0 Å². The normalized spacial score (nSPS) is 24.0. The van der Waals surface area contributed by atoms with Gasteiger partial charge >= 0.3 is 0 Å². The number of aliphatic hydroxyl groups is 3. The summed E-state index contributed by atoms with van der Waals surface area (Å²) in [6, 6.07) is 13.1. The van der Waals surface area contributed by atoms with Gasteiger partial charge in [-0.2, -0.15) is 0 Å². The lowest BCUT2D eigenvalue weighted by molar-refractivity contribution is -0.179. The summed E-state index contributed by atoms with van der Waals surface area (Å²) in [7, 11) is 1.58. The summed E-state index contributed by atoms with van der Waals surface area (Å²) in [5.41, 5.74) is 3.68. The molecule has 0 radical (unpaired) electrons. The Morgan fingerprint density at radius 2 is 1.74 bits per heavy atom. The van der Waals surface area contributed by atoms with Gasteiger partial charge in [0.1, 0.15) is 12.2 Å². The number of benzene rings is 2. The number of carbonyl (C=O) groups is 2. The maximum Gasteiger partial charge on any atom is 0.251 e. The molecule has 2 aromatic carbocycles. The van der Waals surface area contributed by atoms with E-state index in [4.69, 9.17) is 4.74 Å². The Morgan fingerprint density at radius 1 is 1.03 bits per heavy atom. The van der Waals surface area contributed by atoms with Crippen molar-refractivity contribution in [3.05, 3.63) is 70.3 Å². The van der Waals surface area contributed by atoms with E-state index in [0.717, 1.165) is 35.4 Å². The Labute approximate surface area is 224 Å². The van der Waals surface area contributed by atoms with Crippen molar-refractivity contribution in [2.24, 2.45) is 11.8 Å². The molecule has 0 spiro atoms. The van der Waals surface area contributed by atoms with Crippen molar-refractivity contribution >= 4 is 11.8 Å². The number of aliphatic hydroxyl groups excluding tert-OH is 3. The van der Waals surface area contributed by atoms with Crippen LogP contribution in [0.25, 0.3) is 0 Å². The van der Waals surface area contributed by atoms with Gasteiger partial charge in [0.2, 0.25) is 0 Å². The van der Waals surface area contributed by atoms with Gasteiger partial charge in [0.25, 0.3) is 11.8 Å². The molecule has 2 fully saturated rings. The molecule has 1 unspecified atom stereocenters. The standard InChI is InChI=1S/C30H40N2O6/c1-18(10-20-4-3-5-22(12-20)28-27(35)26(34)16-25(17-33)38-28)11-21-13-23(29(36)31-2)15-24(14-21)30(37)32-9-8-19-6-7-19/h3-5,12-15,18-19,25-28,33-35H,6-11,16-17H2,1-2H3,(H,31,36)(H,32,37)/t18?,25-,26-,27-,28+/m0/s1. The number of rotatable bonds is 11. The fraction of sp³-hybridized carbons (Fsp3) is 0.533. The number of nitrogens with one attached hydrogen (secondary N) is 2. The Bertz CT molecular complexity index is 1120. The third-order valence-corrected chi connectivity index (χ3v) is 7.48. The van der Waals surface area contributed by atoms with E-state index < -0.39 is 24.4 Å². The molecule has 1 saturated carbocycles. The van der Waals surface area contributed by atoms with Crippen LogP contribution in [0.2, 0.25) is 0 Å². The predicted molar refractivity (Wildman–Crippen MR) is 144 cm³/mol. The number of hydrogen-bond acceptors (Lipinski definition) is 6. The maximum absolute atomic E-state index is 12.8. The molecule has 0 bridgehead atoms. The van der Waals surface area contributed by atoms with Crippen molar-refractivity contribution in [1.29, 1.82) is 0 Å². The summed E-state index contributed by atoms with van der Waals surface area (Å²) in [4.78, 5) is 25.2. The minimum atomic E-state index is -1.06. The fourth-order valence-corrected chi connectivity index (χ4v) is 5.24. The number of hydrogen-bond donors (Lipinski definition) is 5. The molecule has 5 N–H and O–H groups in total. The minimum Gasteiger partial charge on any atom is -0.394 e. The molecular formula is C30H40N2O6. The third-order valence-electron chi connectivity index (χ3n) is 7.48. The second kappa shape index (κ2) is 12.8. The highest BCUT2D eigenvalue weighted by Crippen LogP contribution is 2.33. The third kappa shape index (κ3) is 7.41. The molecule has 2 amide bonds. The lowest BCUT2D eigenvalue weighted by atomic mass is 9.89. The molecule has 8 nitrogen and oxygen atoms in total. The fourth-order valence-electron chi connectivity index (χ4n) is 5.24. The van der Waals surface area contributed by atoms with E-state index in [1.54, 1.807) is 13.1 Å². The molecule has 1 aliphatic carbocycles. The van der Waals surface area contributed by atoms with Crippen LogP contribution in [0.3, 0.4) is 0 Å². The molecule has 38 heavy (non-hydrogen) atoms. The highest BCUT2D eigenvalue weighted by atomic mass is 16.5. The van der Waals surface area contributed by atoms with Crippen LogP contribution in [-0.2, 0) is 17.6 Å². The largest absolute Gasteiger partial charge is 0.394 e. The number of carbonyl (C=O) groups excluding carboxylic acids is 2. The van der Waals surface area contributed by atoms with Crippen molar-refractivity contribution in [2.45, 2.75) is 69.9 Å². The molecule has 2 aliphatic rings. The van der Waals surface area contributed by atoms with Gasteiger partial charge < -0.3 is 30.7 Å². The average molecular weight is 525 g/mol. The lowest BCUT2D eigenvalue weighted by Crippen LogP contribution is -2.44. The van der Waals surface area contributed by atoms with Crippen molar-refractivity contribution in [1.82, 2.24) is 10.6 Å². The summed E-state index contributed by atoms with van der Waals surface area (Å²) < 4.78 is 5.85. The summed E-state index contributed by atoms with van der Waals surface area (Å²) in [5.74, 6) is 0.543. The zero-order chi connectivity index (χ0) is 27.2. The van der Waals surface area contributed by atoms with Gasteiger partial charge in [-0.25, -0.2) is 0 Å². The monoisotopic (exact) mass is 524 g/mol. The second-order valence-electron chi connectivity index (χ2n) is 10.9. The van der Waals surface area contributed by atoms with Crippen LogP contribution < -0.4 is 10.6 Å². The molecule has 5 atom stereocenters. The summed E-state index contributed by atoms with van der Waals surface area (Å²) in [5, 5.41) is 35.8. The van der Waals surface area contributed by atoms with E-state index in [0.29, 0.717) is 24.1 Å². The smallest absolute Gasteiger partial charge is 0.251 e. The minimum absolute atomic E-state index is 0.160. The van der Waals surface area contributed by atoms with Crippen LogP contribution in [0.1, 0.15) is 76.1 Å². The molecule has 1 saturated heterocycles. The van der Waals surface area contributed by atoms with Crippen molar-refractivity contribution in [2.75, 3.05) is 20.2 Å². The van der Waals surface area contributed by atoms with E-state index in [9.17, 15) is 24.9 Å². The average Bonchev–Trinajstić information content (AvgIpc) is 3.74. The van der Waals surface area contributed by atoms with Gasteiger partial charge in [0.15, 0.2) is 0 Å². The highest BCUT2D eigenvalue weighted by Gasteiger charge is 2.37. The lowest BCUT2D eigenvalue weighted by Gasteiger charge is -2.37. The van der Waals surface area contributed by atoms with Crippen LogP contribution in [0.5, 0.6) is 0 Å². The van der Waals surface area contributed by atoms with Gasteiger partial charge in [-0.05, 0) is 66.0 Å². The van der Waals surface area contributed by atoms with Crippen LogP contribution in [-0.4, -0.2) is 65.6 Å².